The zero-order chi connectivity index (χ0) is 28.4. The van der Waals surface area contributed by atoms with Crippen LogP contribution in [-0.2, 0) is 16.0 Å². The van der Waals surface area contributed by atoms with Gasteiger partial charge in [0.05, 0.1) is 5.56 Å². The van der Waals surface area contributed by atoms with Gasteiger partial charge < -0.3 is 13.9 Å². The van der Waals surface area contributed by atoms with Crippen LogP contribution in [0.5, 0.6) is 5.75 Å². The van der Waals surface area contributed by atoms with Gasteiger partial charge in [-0.05, 0) is 101 Å². The van der Waals surface area contributed by atoms with Crippen LogP contribution in [0.3, 0.4) is 0 Å². The van der Waals surface area contributed by atoms with Gasteiger partial charge in [0, 0.05) is 23.4 Å². The summed E-state index contributed by atoms with van der Waals surface area (Å²) in [7, 11) is 0. The summed E-state index contributed by atoms with van der Waals surface area (Å²) in [6.07, 6.45) is 7.51. The Labute approximate surface area is 232 Å². The summed E-state index contributed by atoms with van der Waals surface area (Å²) in [6.45, 7) is 15.1. The lowest BCUT2D eigenvalue weighted by Gasteiger charge is -2.35. The van der Waals surface area contributed by atoms with Crippen LogP contribution in [0.15, 0.2) is 63.8 Å². The first-order valence-electron chi connectivity index (χ1n) is 14.2. The summed E-state index contributed by atoms with van der Waals surface area (Å²) in [5.74, 6) is 0.689. The Bertz CT molecular complexity index is 1420. The maximum Gasteiger partial charge on any atom is 0.344 e. The molecule has 0 amide bonds. The quantitative estimate of drug-likeness (QED) is 0.102. The van der Waals surface area contributed by atoms with Crippen LogP contribution in [0.2, 0.25) is 0 Å². The predicted molar refractivity (Wildman–Crippen MR) is 157 cm³/mol. The maximum atomic E-state index is 13.2. The number of aryl methyl sites for hydroxylation is 1. The van der Waals surface area contributed by atoms with Gasteiger partial charge in [0.2, 0.25) is 0 Å². The van der Waals surface area contributed by atoms with E-state index in [0.717, 1.165) is 17.4 Å². The molecule has 0 bridgehead atoms. The Morgan fingerprint density at radius 2 is 1.74 bits per heavy atom. The molecule has 1 aromatic heterocycles. The van der Waals surface area contributed by atoms with Gasteiger partial charge >= 0.3 is 11.6 Å². The molecule has 0 radical (unpaired) electrons. The fourth-order valence-electron chi connectivity index (χ4n) is 5.42. The van der Waals surface area contributed by atoms with E-state index in [1.807, 2.05) is 45.9 Å². The monoisotopic (exact) mass is 530 g/mol. The number of carbonyl (C=O) groups excluding carboxylic acids is 1. The number of hydrogen-bond acceptors (Lipinski definition) is 5. The average Bonchev–Trinajstić information content (AvgIpc) is 3.68. The molecule has 0 saturated heterocycles. The van der Waals surface area contributed by atoms with E-state index in [1.165, 1.54) is 43.2 Å². The fourth-order valence-corrected chi connectivity index (χ4v) is 5.42. The third-order valence-electron chi connectivity index (χ3n) is 7.16. The Balaban J connectivity index is 1.57. The van der Waals surface area contributed by atoms with Gasteiger partial charge in [-0.3, -0.25) is 0 Å². The fraction of sp³-hybridized carbons (Fsp3) is 0.471. The number of carbonyl (C=O) groups is 1. The van der Waals surface area contributed by atoms with Crippen LogP contribution in [-0.4, -0.2) is 17.2 Å². The largest absolute Gasteiger partial charge is 0.488 e. The molecule has 5 nitrogen and oxygen atoms in total. The van der Waals surface area contributed by atoms with Gasteiger partial charge in [-0.25, -0.2) is 9.59 Å². The van der Waals surface area contributed by atoms with Crippen molar-refractivity contribution in [3.63, 3.8) is 0 Å². The molecule has 1 fully saturated rings. The first kappa shape index (κ1) is 28.7. The number of benzene rings is 2. The van der Waals surface area contributed by atoms with Crippen molar-refractivity contribution in [2.75, 3.05) is 0 Å². The summed E-state index contributed by atoms with van der Waals surface area (Å²) in [5.41, 5.74) is 3.32. The maximum absolute atomic E-state index is 13.2. The molecule has 0 N–H and O–H groups in total. The highest BCUT2D eigenvalue weighted by molar-refractivity contribution is 5.87. The summed E-state index contributed by atoms with van der Waals surface area (Å²) in [5, 5.41) is 0.847. The summed E-state index contributed by atoms with van der Waals surface area (Å²) in [6, 6.07) is 14.1. The molecule has 0 unspecified atom stereocenters. The molecule has 1 heterocycles. The highest BCUT2D eigenvalue weighted by Crippen LogP contribution is 2.45. The highest BCUT2D eigenvalue weighted by atomic mass is 16.6. The third-order valence-corrected chi connectivity index (χ3v) is 7.16. The molecule has 3 aromatic rings. The van der Waals surface area contributed by atoms with E-state index in [4.69, 9.17) is 13.9 Å². The minimum atomic E-state index is -0.747. The van der Waals surface area contributed by atoms with Crippen molar-refractivity contribution in [3.8, 4) is 16.9 Å². The lowest BCUT2D eigenvalue weighted by Crippen LogP contribution is -2.40. The molecule has 0 atom stereocenters. The number of esters is 1. The van der Waals surface area contributed by atoms with E-state index in [2.05, 4.69) is 31.7 Å². The Kier molecular flexibility index (Phi) is 8.39. The predicted octanol–water partition coefficient (Wildman–Crippen LogP) is 8.52. The molecule has 2 aromatic carbocycles. The van der Waals surface area contributed by atoms with E-state index in [0.29, 0.717) is 34.8 Å². The molecule has 1 aliphatic carbocycles. The van der Waals surface area contributed by atoms with Crippen LogP contribution in [0.25, 0.3) is 22.1 Å². The lowest BCUT2D eigenvalue weighted by molar-refractivity contribution is -0.155. The molecule has 1 aliphatic rings. The standard InChI is InChI=1S/C34H42O5/c1-8-9-10-11-23-12-17-27(28(18-23)24-13-14-24)29-19-25-15-16-26(20-30(25)37-32(29)36)38-33(4,5)21-34(6,7)39-31(35)22(2)3/h12,15-20,24H,2,8-11,13-14,21H2,1,3-7H3. The van der Waals surface area contributed by atoms with Gasteiger partial charge in [-0.2, -0.15) is 0 Å². The van der Waals surface area contributed by atoms with Gasteiger partial charge in [0.15, 0.2) is 0 Å². The normalized spacial score (nSPS) is 13.9. The van der Waals surface area contributed by atoms with Crippen LogP contribution in [0.1, 0.15) is 97.1 Å². The zero-order valence-electron chi connectivity index (χ0n) is 24.3. The second-order valence-corrected chi connectivity index (χ2v) is 12.3. The van der Waals surface area contributed by atoms with Gasteiger partial charge in [-0.15, -0.1) is 0 Å². The van der Waals surface area contributed by atoms with Crippen LogP contribution in [0, 0.1) is 0 Å². The van der Waals surface area contributed by atoms with Gasteiger partial charge in [0.25, 0.3) is 0 Å². The van der Waals surface area contributed by atoms with Crippen LogP contribution >= 0.6 is 0 Å². The number of rotatable bonds is 12. The summed E-state index contributed by atoms with van der Waals surface area (Å²) >= 11 is 0. The van der Waals surface area contributed by atoms with Gasteiger partial charge in [0.1, 0.15) is 22.5 Å². The zero-order valence-corrected chi connectivity index (χ0v) is 24.3. The Morgan fingerprint density at radius 1 is 1.00 bits per heavy atom. The molecule has 39 heavy (non-hydrogen) atoms. The highest BCUT2D eigenvalue weighted by Gasteiger charge is 2.34. The topological polar surface area (TPSA) is 65.7 Å². The van der Waals surface area contributed by atoms with Crippen LogP contribution < -0.4 is 10.4 Å². The van der Waals surface area contributed by atoms with E-state index in [1.54, 1.807) is 13.0 Å². The number of hydrogen-bond donors (Lipinski definition) is 0. The Hall–Kier alpha value is -3.34. The average molecular weight is 531 g/mol. The first-order chi connectivity index (χ1) is 18.4. The van der Waals surface area contributed by atoms with Crippen molar-refractivity contribution >= 4 is 16.9 Å². The smallest absolute Gasteiger partial charge is 0.344 e. The molecular weight excluding hydrogens is 488 g/mol. The minimum Gasteiger partial charge on any atom is -0.488 e. The van der Waals surface area contributed by atoms with Crippen molar-refractivity contribution in [1.82, 2.24) is 0 Å². The summed E-state index contributed by atoms with van der Waals surface area (Å²) < 4.78 is 17.7. The summed E-state index contributed by atoms with van der Waals surface area (Å²) in [4.78, 5) is 25.2. The number of unbranched alkanes of at least 4 members (excludes halogenated alkanes) is 2. The third kappa shape index (κ3) is 7.40. The minimum absolute atomic E-state index is 0.340. The molecule has 0 spiro atoms. The van der Waals surface area contributed by atoms with Crippen molar-refractivity contribution in [3.05, 3.63) is 76.2 Å². The molecule has 5 heteroatoms. The second-order valence-electron chi connectivity index (χ2n) is 12.3. The number of ether oxygens (including phenoxy) is 2. The molecule has 1 saturated carbocycles. The lowest BCUT2D eigenvalue weighted by atomic mass is 9.92. The van der Waals surface area contributed by atoms with Crippen molar-refractivity contribution in [1.29, 1.82) is 0 Å². The van der Waals surface area contributed by atoms with Crippen molar-refractivity contribution in [2.45, 2.75) is 104 Å². The van der Waals surface area contributed by atoms with Crippen LogP contribution in [0.4, 0.5) is 0 Å². The number of fused-ring (bicyclic) bond motifs is 1. The van der Waals surface area contributed by atoms with E-state index < -0.39 is 17.2 Å². The molecule has 208 valence electrons. The van der Waals surface area contributed by atoms with E-state index >= 15 is 0 Å². The van der Waals surface area contributed by atoms with Gasteiger partial charge in [-0.1, -0.05) is 44.5 Å². The SMILES string of the molecule is C=C(C)C(=O)OC(C)(C)CC(C)(C)Oc1ccc2cc(-c3ccc(CCCCC)cc3C3CC3)c(=O)oc2c1. The molecule has 4 rings (SSSR count). The van der Waals surface area contributed by atoms with E-state index in [9.17, 15) is 9.59 Å². The molecule has 0 aliphatic heterocycles. The van der Waals surface area contributed by atoms with Crippen molar-refractivity contribution < 1.29 is 18.7 Å². The Morgan fingerprint density at radius 3 is 2.41 bits per heavy atom. The van der Waals surface area contributed by atoms with Crippen molar-refractivity contribution in [2.24, 2.45) is 0 Å². The van der Waals surface area contributed by atoms with E-state index in [-0.39, 0.29) is 5.63 Å². The molecular formula is C34H42O5. The first-order valence-corrected chi connectivity index (χ1v) is 14.2. The second kappa shape index (κ2) is 11.4.